The van der Waals surface area contributed by atoms with Crippen LogP contribution in [0.2, 0.25) is 0 Å². The molecule has 4 aromatic rings. The van der Waals surface area contributed by atoms with Crippen molar-refractivity contribution >= 4 is 28.6 Å². The Kier molecular flexibility index (Phi) is 6.86. The molecule has 2 aromatic heterocycles. The number of hydrogen-bond donors (Lipinski definition) is 2. The second kappa shape index (κ2) is 10.0. The van der Waals surface area contributed by atoms with Gasteiger partial charge in [-0.3, -0.25) is 4.79 Å². The highest BCUT2D eigenvalue weighted by Crippen LogP contribution is 2.22. The summed E-state index contributed by atoms with van der Waals surface area (Å²) in [6.07, 6.45) is 4.80. The van der Waals surface area contributed by atoms with E-state index in [1.54, 1.807) is 31.8 Å². The molecule has 9 heteroatoms. The van der Waals surface area contributed by atoms with E-state index in [0.717, 1.165) is 22.0 Å². The molecule has 0 radical (unpaired) electrons. The average Bonchev–Trinajstić information content (AvgIpc) is 3.41. The number of hydrogen-bond acceptors (Lipinski definition) is 5. The molecule has 4 rings (SSSR count). The topological polar surface area (TPSA) is 103 Å². The average molecular weight is 475 g/mol. The van der Waals surface area contributed by atoms with E-state index >= 15 is 0 Å². The fourth-order valence-electron chi connectivity index (χ4n) is 3.89. The summed E-state index contributed by atoms with van der Waals surface area (Å²) in [6, 6.07) is 14.6. The predicted octanol–water partition coefficient (Wildman–Crippen LogP) is 3.89. The third-order valence-corrected chi connectivity index (χ3v) is 5.44. The zero-order valence-electron chi connectivity index (χ0n) is 20.4. The number of nitrogens with one attached hydrogen (secondary N) is 2. The molecule has 35 heavy (non-hydrogen) atoms. The molecule has 2 N–H and O–H groups in total. The molecule has 0 saturated heterocycles. The van der Waals surface area contributed by atoms with Gasteiger partial charge in [-0.25, -0.2) is 14.5 Å². The first-order valence-electron chi connectivity index (χ1n) is 11.4. The van der Waals surface area contributed by atoms with Gasteiger partial charge in [0.2, 0.25) is 5.91 Å². The molecule has 0 aliphatic heterocycles. The van der Waals surface area contributed by atoms with Crippen LogP contribution in [0.1, 0.15) is 31.9 Å². The fraction of sp³-hybridized carbons (Fsp3) is 0.308. The van der Waals surface area contributed by atoms with E-state index in [0.29, 0.717) is 18.7 Å². The normalized spacial score (nSPS) is 12.3. The first-order chi connectivity index (χ1) is 16.7. The summed E-state index contributed by atoms with van der Waals surface area (Å²) in [6.45, 7) is 5.94. The van der Waals surface area contributed by atoms with Crippen LogP contribution in [0, 0.1) is 0 Å². The number of nitrogens with zero attached hydrogens (tertiary/aromatic N) is 4. The van der Waals surface area contributed by atoms with Gasteiger partial charge in [-0.05, 0) is 50.1 Å². The van der Waals surface area contributed by atoms with Crippen molar-refractivity contribution in [2.45, 2.75) is 45.4 Å². The number of alkyl carbamates (subject to hydrolysis) is 1. The fourth-order valence-corrected chi connectivity index (χ4v) is 3.89. The van der Waals surface area contributed by atoms with Crippen LogP contribution in [0.5, 0.6) is 0 Å². The Bertz CT molecular complexity index is 1300. The molecular formula is C26H30N6O3. The number of aromatic nitrogens is 4. The number of carbonyl (C=O) groups excluding carboxylic acids is 2. The molecule has 1 unspecified atom stereocenters. The molecular weight excluding hydrogens is 444 g/mol. The summed E-state index contributed by atoms with van der Waals surface area (Å²) in [4.78, 5) is 29.8. The lowest BCUT2D eigenvalue weighted by atomic mass is 10.0. The number of fused-ring (bicyclic) bond motifs is 1. The molecule has 9 nitrogen and oxygen atoms in total. The number of benzene rings is 2. The Labute approximate surface area is 204 Å². The first kappa shape index (κ1) is 24.0. The molecule has 0 saturated carbocycles. The summed E-state index contributed by atoms with van der Waals surface area (Å²) >= 11 is 0. The van der Waals surface area contributed by atoms with E-state index in [4.69, 9.17) is 4.74 Å². The minimum Gasteiger partial charge on any atom is -0.444 e. The number of ether oxygens (including phenoxy) is 1. The minimum atomic E-state index is -0.828. The molecule has 2 heterocycles. The minimum absolute atomic E-state index is 0.316. The third kappa shape index (κ3) is 6.26. The number of anilines is 1. The molecule has 0 bridgehead atoms. The molecule has 0 fully saturated rings. The van der Waals surface area contributed by atoms with Crippen molar-refractivity contribution in [1.82, 2.24) is 24.6 Å². The number of carbonyl (C=O) groups is 2. The maximum absolute atomic E-state index is 13.3. The van der Waals surface area contributed by atoms with Crippen molar-refractivity contribution in [2.75, 3.05) is 5.32 Å². The summed E-state index contributed by atoms with van der Waals surface area (Å²) in [7, 11) is 1.96. The highest BCUT2D eigenvalue weighted by atomic mass is 16.6. The van der Waals surface area contributed by atoms with Crippen LogP contribution in [0.3, 0.4) is 0 Å². The zero-order chi connectivity index (χ0) is 25.0. The maximum atomic E-state index is 13.3. The lowest BCUT2D eigenvalue weighted by molar-refractivity contribution is -0.118. The van der Waals surface area contributed by atoms with E-state index in [1.807, 2.05) is 66.3 Å². The largest absolute Gasteiger partial charge is 0.444 e. The van der Waals surface area contributed by atoms with Gasteiger partial charge in [0.15, 0.2) is 0 Å². The Morgan fingerprint density at radius 2 is 1.83 bits per heavy atom. The van der Waals surface area contributed by atoms with Gasteiger partial charge in [0.25, 0.3) is 0 Å². The van der Waals surface area contributed by atoms with Crippen LogP contribution in [0.4, 0.5) is 10.5 Å². The van der Waals surface area contributed by atoms with E-state index in [2.05, 4.69) is 20.7 Å². The van der Waals surface area contributed by atoms with E-state index in [1.165, 1.54) is 6.33 Å². The van der Waals surface area contributed by atoms with Crippen molar-refractivity contribution < 1.29 is 14.3 Å². The highest BCUT2D eigenvalue weighted by molar-refractivity contribution is 5.97. The standard InChI is InChI=1S/C26H30N6O3/c1-26(2,3)35-25(34)30-22(13-19-15-31(4)23-8-6-5-7-21(19)23)24(33)29-20-11-9-18(10-12-20)14-32-17-27-16-28-32/h5-12,15-17,22H,13-14H2,1-4H3,(H,29,33)(H,30,34). The highest BCUT2D eigenvalue weighted by Gasteiger charge is 2.26. The van der Waals surface area contributed by atoms with Crippen molar-refractivity contribution in [2.24, 2.45) is 7.05 Å². The number of para-hydroxylation sites is 1. The lowest BCUT2D eigenvalue weighted by Crippen LogP contribution is -2.47. The van der Waals surface area contributed by atoms with Gasteiger partial charge in [-0.2, -0.15) is 5.10 Å². The second-order valence-corrected chi connectivity index (χ2v) is 9.46. The molecule has 1 atom stereocenters. The molecule has 0 spiro atoms. The molecule has 2 aromatic carbocycles. The quantitative estimate of drug-likeness (QED) is 0.423. The lowest BCUT2D eigenvalue weighted by Gasteiger charge is -2.23. The summed E-state index contributed by atoms with van der Waals surface area (Å²) < 4.78 is 9.15. The van der Waals surface area contributed by atoms with Crippen LogP contribution < -0.4 is 10.6 Å². The second-order valence-electron chi connectivity index (χ2n) is 9.46. The van der Waals surface area contributed by atoms with E-state index in [9.17, 15) is 9.59 Å². The zero-order valence-corrected chi connectivity index (χ0v) is 20.4. The molecule has 0 aliphatic rings. The number of rotatable bonds is 7. The summed E-state index contributed by atoms with van der Waals surface area (Å²) in [5, 5.41) is 10.8. The molecule has 2 amide bonds. The Hall–Kier alpha value is -4.14. The summed E-state index contributed by atoms with van der Waals surface area (Å²) in [5.41, 5.74) is 2.99. The van der Waals surface area contributed by atoms with Gasteiger partial charge < -0.3 is 19.9 Å². The van der Waals surface area contributed by atoms with Gasteiger partial charge in [-0.15, -0.1) is 0 Å². The molecule has 182 valence electrons. The van der Waals surface area contributed by atoms with Crippen LogP contribution in [-0.4, -0.2) is 43.0 Å². The van der Waals surface area contributed by atoms with Crippen molar-refractivity contribution in [3.63, 3.8) is 0 Å². The van der Waals surface area contributed by atoms with E-state index in [-0.39, 0.29) is 5.91 Å². The summed E-state index contributed by atoms with van der Waals surface area (Å²) in [5.74, 6) is -0.326. The van der Waals surface area contributed by atoms with Crippen molar-refractivity contribution in [1.29, 1.82) is 0 Å². The van der Waals surface area contributed by atoms with Crippen LogP contribution in [0.15, 0.2) is 67.4 Å². The smallest absolute Gasteiger partial charge is 0.408 e. The monoisotopic (exact) mass is 474 g/mol. The Morgan fingerprint density at radius 3 is 2.51 bits per heavy atom. The van der Waals surface area contributed by atoms with Crippen LogP contribution in [-0.2, 0) is 29.5 Å². The van der Waals surface area contributed by atoms with Gasteiger partial charge in [-0.1, -0.05) is 30.3 Å². The van der Waals surface area contributed by atoms with Crippen LogP contribution >= 0.6 is 0 Å². The van der Waals surface area contributed by atoms with Crippen molar-refractivity contribution in [3.05, 3.63) is 78.5 Å². The van der Waals surface area contributed by atoms with Gasteiger partial charge >= 0.3 is 6.09 Å². The Balaban J connectivity index is 1.51. The van der Waals surface area contributed by atoms with Crippen LogP contribution in [0.25, 0.3) is 10.9 Å². The predicted molar refractivity (Wildman–Crippen MR) is 134 cm³/mol. The van der Waals surface area contributed by atoms with Gasteiger partial charge in [0.1, 0.15) is 24.3 Å². The number of aryl methyl sites for hydroxylation is 1. The van der Waals surface area contributed by atoms with Crippen molar-refractivity contribution in [3.8, 4) is 0 Å². The SMILES string of the molecule is Cn1cc(CC(NC(=O)OC(C)(C)C)C(=O)Nc2ccc(Cn3cncn3)cc2)c2ccccc21. The van der Waals surface area contributed by atoms with E-state index < -0.39 is 17.7 Å². The Morgan fingerprint density at radius 1 is 1.09 bits per heavy atom. The number of amides is 2. The third-order valence-electron chi connectivity index (χ3n) is 5.44. The molecule has 0 aliphatic carbocycles. The maximum Gasteiger partial charge on any atom is 0.408 e. The first-order valence-corrected chi connectivity index (χ1v) is 11.4. The van der Waals surface area contributed by atoms with Gasteiger partial charge in [0, 0.05) is 36.3 Å². The van der Waals surface area contributed by atoms with Gasteiger partial charge in [0.05, 0.1) is 6.54 Å².